The zero-order chi connectivity index (χ0) is 15.1. The fourth-order valence-corrected chi connectivity index (χ4v) is 3.62. The maximum atomic E-state index is 14.2. The Morgan fingerprint density at radius 1 is 1.45 bits per heavy atom. The molecule has 1 aromatic carbocycles. The lowest BCUT2D eigenvalue weighted by molar-refractivity contribution is 0.0845. The molecular weight excluding hydrogens is 373 g/mol. The number of hydrogen-bond donors (Lipinski definition) is 1. The molecule has 0 aromatic heterocycles. The van der Waals surface area contributed by atoms with Gasteiger partial charge in [-0.15, -0.1) is 0 Å². The van der Waals surface area contributed by atoms with Crippen LogP contribution in [0.3, 0.4) is 0 Å². The molecule has 4 nitrogen and oxygen atoms in total. The Kier molecular flexibility index (Phi) is 4.15. The number of halogens is 3. The second-order valence-corrected chi connectivity index (χ2v) is 8.52. The standard InChI is InChI=1S/C12H12BrClFNO3S/c1-12(3-2-4-12)16-11(17)8-5-7(13)6-9(10(8)15)20(14,18)19/h5-6H,2-4H2,1H3,(H,16,17). The maximum absolute atomic E-state index is 14.2. The first-order chi connectivity index (χ1) is 9.12. The lowest BCUT2D eigenvalue weighted by atomic mass is 9.78. The first kappa shape index (κ1) is 15.7. The molecule has 1 aliphatic carbocycles. The summed E-state index contributed by atoms with van der Waals surface area (Å²) in [5, 5.41) is 2.72. The molecule has 8 heteroatoms. The number of rotatable bonds is 3. The highest BCUT2D eigenvalue weighted by Crippen LogP contribution is 2.32. The van der Waals surface area contributed by atoms with Crippen molar-refractivity contribution in [2.24, 2.45) is 0 Å². The second kappa shape index (κ2) is 5.27. The summed E-state index contributed by atoms with van der Waals surface area (Å²) in [6, 6.07) is 2.26. The minimum absolute atomic E-state index is 0.266. The fraction of sp³-hybridized carbons (Fsp3) is 0.417. The van der Waals surface area contributed by atoms with E-state index in [-0.39, 0.29) is 15.6 Å². The summed E-state index contributed by atoms with van der Waals surface area (Å²) in [4.78, 5) is 11.4. The summed E-state index contributed by atoms with van der Waals surface area (Å²) in [6.07, 6.45) is 2.63. The molecule has 110 valence electrons. The molecule has 1 amide bonds. The molecule has 0 bridgehead atoms. The van der Waals surface area contributed by atoms with Gasteiger partial charge in [-0.2, -0.15) is 0 Å². The second-order valence-electron chi connectivity index (χ2n) is 5.07. The van der Waals surface area contributed by atoms with Crippen LogP contribution >= 0.6 is 26.6 Å². The van der Waals surface area contributed by atoms with Gasteiger partial charge in [0.05, 0.1) is 5.56 Å². The van der Waals surface area contributed by atoms with Gasteiger partial charge in [-0.05, 0) is 38.3 Å². The number of nitrogens with one attached hydrogen (secondary N) is 1. The van der Waals surface area contributed by atoms with Crippen LogP contribution in [0.4, 0.5) is 4.39 Å². The molecule has 1 aliphatic rings. The van der Waals surface area contributed by atoms with Crippen molar-refractivity contribution in [3.05, 3.63) is 28.0 Å². The molecule has 1 saturated carbocycles. The van der Waals surface area contributed by atoms with Gasteiger partial charge >= 0.3 is 0 Å². The third-order valence-electron chi connectivity index (χ3n) is 3.38. The molecule has 1 fully saturated rings. The summed E-state index contributed by atoms with van der Waals surface area (Å²) >= 11 is 3.05. The predicted molar refractivity (Wildman–Crippen MR) is 76.9 cm³/mol. The average Bonchev–Trinajstić information content (AvgIpc) is 2.28. The van der Waals surface area contributed by atoms with Gasteiger partial charge in [-0.25, -0.2) is 12.8 Å². The highest BCUT2D eigenvalue weighted by Gasteiger charge is 2.34. The van der Waals surface area contributed by atoms with Gasteiger partial charge in [0.2, 0.25) is 0 Å². The van der Waals surface area contributed by atoms with Crippen molar-refractivity contribution in [1.29, 1.82) is 0 Å². The fourth-order valence-electron chi connectivity index (χ4n) is 2.08. The molecule has 1 aromatic rings. The quantitative estimate of drug-likeness (QED) is 0.814. The van der Waals surface area contributed by atoms with E-state index in [0.29, 0.717) is 0 Å². The van der Waals surface area contributed by atoms with Crippen molar-refractivity contribution in [2.75, 3.05) is 0 Å². The van der Waals surface area contributed by atoms with Crippen LogP contribution in [0.2, 0.25) is 0 Å². The third kappa shape index (κ3) is 3.15. The van der Waals surface area contributed by atoms with E-state index in [0.717, 1.165) is 25.3 Å². The first-order valence-corrected chi connectivity index (χ1v) is 8.99. The maximum Gasteiger partial charge on any atom is 0.264 e. The Morgan fingerprint density at radius 2 is 2.05 bits per heavy atom. The Labute approximate surface area is 129 Å². The van der Waals surface area contributed by atoms with E-state index in [9.17, 15) is 17.6 Å². The van der Waals surface area contributed by atoms with E-state index in [4.69, 9.17) is 10.7 Å². The van der Waals surface area contributed by atoms with Gasteiger partial charge in [-0.3, -0.25) is 4.79 Å². The number of hydrogen-bond acceptors (Lipinski definition) is 3. The normalized spacial score (nSPS) is 17.4. The van der Waals surface area contributed by atoms with Crippen LogP contribution in [0.15, 0.2) is 21.5 Å². The highest BCUT2D eigenvalue weighted by molar-refractivity contribution is 9.10. The van der Waals surface area contributed by atoms with Gasteiger partial charge in [0, 0.05) is 20.7 Å². The van der Waals surface area contributed by atoms with Crippen molar-refractivity contribution in [3.63, 3.8) is 0 Å². The minimum atomic E-state index is -4.26. The van der Waals surface area contributed by atoms with E-state index < -0.39 is 25.7 Å². The molecule has 2 rings (SSSR count). The van der Waals surface area contributed by atoms with Crippen LogP contribution in [-0.2, 0) is 9.05 Å². The van der Waals surface area contributed by atoms with Crippen LogP contribution < -0.4 is 5.32 Å². The predicted octanol–water partition coefficient (Wildman–Crippen LogP) is 3.19. The van der Waals surface area contributed by atoms with Crippen LogP contribution in [0.5, 0.6) is 0 Å². The van der Waals surface area contributed by atoms with E-state index in [1.54, 1.807) is 0 Å². The van der Waals surface area contributed by atoms with Crippen molar-refractivity contribution >= 4 is 41.6 Å². The monoisotopic (exact) mass is 383 g/mol. The Bertz CT molecular complexity index is 674. The lowest BCUT2D eigenvalue weighted by Crippen LogP contribution is -2.51. The van der Waals surface area contributed by atoms with E-state index in [1.807, 2.05) is 6.92 Å². The largest absolute Gasteiger partial charge is 0.347 e. The van der Waals surface area contributed by atoms with E-state index in [1.165, 1.54) is 6.07 Å². The summed E-state index contributed by atoms with van der Waals surface area (Å²) in [5.41, 5.74) is -0.696. The molecule has 0 saturated heterocycles. The van der Waals surface area contributed by atoms with Crippen molar-refractivity contribution in [3.8, 4) is 0 Å². The SMILES string of the molecule is CC1(NC(=O)c2cc(Br)cc(S(=O)(=O)Cl)c2F)CCC1. The van der Waals surface area contributed by atoms with Gasteiger partial charge < -0.3 is 5.32 Å². The first-order valence-electron chi connectivity index (χ1n) is 5.89. The Morgan fingerprint density at radius 3 is 2.50 bits per heavy atom. The summed E-state index contributed by atoms with van der Waals surface area (Å²) < 4.78 is 37.0. The van der Waals surface area contributed by atoms with Crippen molar-refractivity contribution in [1.82, 2.24) is 5.32 Å². The number of benzene rings is 1. The number of carbonyl (C=O) groups is 1. The van der Waals surface area contributed by atoms with Crippen LogP contribution in [0.25, 0.3) is 0 Å². The van der Waals surface area contributed by atoms with Crippen molar-refractivity contribution in [2.45, 2.75) is 36.6 Å². The molecule has 0 unspecified atom stereocenters. The minimum Gasteiger partial charge on any atom is -0.347 e. The summed E-state index contributed by atoms with van der Waals surface area (Å²) in [7, 11) is 0.904. The molecule has 0 spiro atoms. The Balaban J connectivity index is 2.41. The smallest absolute Gasteiger partial charge is 0.264 e. The van der Waals surface area contributed by atoms with Crippen LogP contribution in [0.1, 0.15) is 36.5 Å². The zero-order valence-corrected chi connectivity index (χ0v) is 13.7. The van der Waals surface area contributed by atoms with Gasteiger partial charge in [0.1, 0.15) is 4.90 Å². The molecule has 20 heavy (non-hydrogen) atoms. The molecular formula is C12H12BrClFNO3S. The topological polar surface area (TPSA) is 63.2 Å². The Hall–Kier alpha value is -0.660. The molecule has 0 aliphatic heterocycles. The highest BCUT2D eigenvalue weighted by atomic mass is 79.9. The van der Waals surface area contributed by atoms with E-state index in [2.05, 4.69) is 21.2 Å². The van der Waals surface area contributed by atoms with Crippen molar-refractivity contribution < 1.29 is 17.6 Å². The van der Waals surface area contributed by atoms with E-state index >= 15 is 0 Å². The number of carbonyl (C=O) groups excluding carboxylic acids is 1. The van der Waals surface area contributed by atoms with Gasteiger partial charge in [-0.1, -0.05) is 15.9 Å². The zero-order valence-electron chi connectivity index (χ0n) is 10.5. The van der Waals surface area contributed by atoms with Crippen LogP contribution in [0, 0.1) is 5.82 Å². The molecule has 0 radical (unpaired) electrons. The third-order valence-corrected chi connectivity index (χ3v) is 5.16. The lowest BCUT2D eigenvalue weighted by Gasteiger charge is -2.39. The van der Waals surface area contributed by atoms with Gasteiger partial charge in [0.15, 0.2) is 5.82 Å². The summed E-state index contributed by atoms with van der Waals surface area (Å²) in [6.45, 7) is 1.86. The summed E-state index contributed by atoms with van der Waals surface area (Å²) in [5.74, 6) is -1.78. The molecule has 1 N–H and O–H groups in total. The average molecular weight is 385 g/mol. The molecule has 0 heterocycles. The number of amides is 1. The molecule has 0 atom stereocenters. The van der Waals surface area contributed by atoms with Gasteiger partial charge in [0.25, 0.3) is 15.0 Å². The van der Waals surface area contributed by atoms with Crippen LogP contribution in [-0.4, -0.2) is 19.9 Å².